The Morgan fingerprint density at radius 3 is 2.29 bits per heavy atom. The first kappa shape index (κ1) is 11.4. The average molecular weight is 220 g/mol. The monoisotopic (exact) mass is 219 g/mol. The highest BCUT2D eigenvalue weighted by molar-refractivity contribution is 6.30. The lowest BCUT2D eigenvalue weighted by Gasteiger charge is -2.14. The van der Waals surface area contributed by atoms with Crippen LogP contribution in [-0.2, 0) is 6.42 Å². The summed E-state index contributed by atoms with van der Waals surface area (Å²) < 4.78 is 24.8. The van der Waals surface area contributed by atoms with E-state index in [1.165, 1.54) is 7.05 Å². The molecule has 0 bridgehead atoms. The van der Waals surface area contributed by atoms with Gasteiger partial charge in [0.1, 0.15) is 0 Å². The van der Waals surface area contributed by atoms with Gasteiger partial charge in [-0.05, 0) is 31.2 Å². The molecule has 14 heavy (non-hydrogen) atoms. The summed E-state index contributed by atoms with van der Waals surface area (Å²) in [5.74, 6) is 0. The SMILES string of the molecule is CNC(Cc1ccc(Cl)cc1)C(F)F. The van der Waals surface area contributed by atoms with Gasteiger partial charge >= 0.3 is 0 Å². The molecule has 0 radical (unpaired) electrons. The van der Waals surface area contributed by atoms with Gasteiger partial charge in [-0.3, -0.25) is 0 Å². The Balaban J connectivity index is 2.63. The van der Waals surface area contributed by atoms with Crippen molar-refractivity contribution < 1.29 is 8.78 Å². The Bertz CT molecular complexity index is 274. The van der Waals surface area contributed by atoms with Crippen LogP contribution in [0.5, 0.6) is 0 Å². The Morgan fingerprint density at radius 2 is 1.86 bits per heavy atom. The fraction of sp³-hybridized carbons (Fsp3) is 0.400. The first-order chi connectivity index (χ1) is 6.63. The molecule has 0 heterocycles. The van der Waals surface area contributed by atoms with E-state index >= 15 is 0 Å². The Labute approximate surface area is 87.1 Å². The van der Waals surface area contributed by atoms with E-state index in [4.69, 9.17) is 11.6 Å². The highest BCUT2D eigenvalue weighted by Gasteiger charge is 2.17. The number of alkyl halides is 2. The highest BCUT2D eigenvalue weighted by Crippen LogP contribution is 2.13. The third kappa shape index (κ3) is 3.24. The molecule has 0 saturated heterocycles. The lowest BCUT2D eigenvalue weighted by molar-refractivity contribution is 0.102. The van der Waals surface area contributed by atoms with Crippen LogP contribution in [0.15, 0.2) is 24.3 Å². The number of nitrogens with one attached hydrogen (secondary N) is 1. The van der Waals surface area contributed by atoms with E-state index in [9.17, 15) is 8.78 Å². The van der Waals surface area contributed by atoms with Gasteiger partial charge in [0.25, 0.3) is 6.43 Å². The molecule has 1 aromatic rings. The van der Waals surface area contributed by atoms with Gasteiger partial charge in [-0.1, -0.05) is 23.7 Å². The summed E-state index contributed by atoms with van der Waals surface area (Å²) in [6.07, 6.45) is -2.04. The lowest BCUT2D eigenvalue weighted by atomic mass is 10.1. The van der Waals surface area contributed by atoms with Gasteiger partial charge in [0.2, 0.25) is 0 Å². The number of hydrogen-bond donors (Lipinski definition) is 1. The summed E-state index contributed by atoms with van der Waals surface area (Å²) in [5.41, 5.74) is 0.856. The van der Waals surface area contributed by atoms with Crippen LogP contribution in [0.2, 0.25) is 5.02 Å². The number of likely N-dealkylation sites (N-methyl/N-ethyl adjacent to an activating group) is 1. The first-order valence-electron chi connectivity index (χ1n) is 4.33. The fourth-order valence-corrected chi connectivity index (χ4v) is 1.32. The number of halogens is 3. The summed E-state index contributed by atoms with van der Waals surface area (Å²) in [5, 5.41) is 3.20. The van der Waals surface area contributed by atoms with Crippen molar-refractivity contribution in [3.05, 3.63) is 34.9 Å². The molecule has 0 saturated carbocycles. The predicted octanol–water partition coefficient (Wildman–Crippen LogP) is 2.74. The zero-order valence-electron chi connectivity index (χ0n) is 7.81. The van der Waals surface area contributed by atoms with Crippen molar-refractivity contribution in [2.75, 3.05) is 7.05 Å². The molecule has 1 nitrogen and oxygen atoms in total. The van der Waals surface area contributed by atoms with Crippen LogP contribution in [-0.4, -0.2) is 19.5 Å². The van der Waals surface area contributed by atoms with Crippen LogP contribution in [0, 0.1) is 0 Å². The summed E-state index contributed by atoms with van der Waals surface area (Å²) in [7, 11) is 1.53. The van der Waals surface area contributed by atoms with Crippen LogP contribution in [0.3, 0.4) is 0 Å². The van der Waals surface area contributed by atoms with E-state index in [-0.39, 0.29) is 0 Å². The molecule has 0 aliphatic heterocycles. The smallest absolute Gasteiger partial charge is 0.254 e. The zero-order valence-corrected chi connectivity index (χ0v) is 8.56. The van der Waals surface area contributed by atoms with E-state index in [0.29, 0.717) is 11.4 Å². The minimum atomic E-state index is -2.35. The zero-order chi connectivity index (χ0) is 10.6. The third-order valence-corrected chi connectivity index (χ3v) is 2.30. The quantitative estimate of drug-likeness (QED) is 0.821. The molecule has 0 aromatic heterocycles. The molecular weight excluding hydrogens is 208 g/mol. The Hall–Kier alpha value is -0.670. The molecule has 0 amide bonds. The van der Waals surface area contributed by atoms with E-state index in [1.807, 2.05) is 0 Å². The van der Waals surface area contributed by atoms with Crippen molar-refractivity contribution in [2.45, 2.75) is 18.9 Å². The fourth-order valence-electron chi connectivity index (χ4n) is 1.19. The Morgan fingerprint density at radius 1 is 1.29 bits per heavy atom. The van der Waals surface area contributed by atoms with Gasteiger partial charge < -0.3 is 5.32 Å². The maximum absolute atomic E-state index is 12.4. The molecule has 1 aromatic carbocycles. The predicted molar refractivity (Wildman–Crippen MR) is 54.0 cm³/mol. The van der Waals surface area contributed by atoms with Gasteiger partial charge in [-0.2, -0.15) is 0 Å². The van der Waals surface area contributed by atoms with E-state index < -0.39 is 12.5 Å². The van der Waals surface area contributed by atoms with Gasteiger partial charge in [0, 0.05) is 5.02 Å². The van der Waals surface area contributed by atoms with Crippen molar-refractivity contribution in [2.24, 2.45) is 0 Å². The van der Waals surface area contributed by atoms with E-state index in [2.05, 4.69) is 5.32 Å². The van der Waals surface area contributed by atoms with Gasteiger partial charge in [-0.25, -0.2) is 8.78 Å². The van der Waals surface area contributed by atoms with Gasteiger partial charge in [-0.15, -0.1) is 0 Å². The highest BCUT2D eigenvalue weighted by atomic mass is 35.5. The number of hydrogen-bond acceptors (Lipinski definition) is 1. The maximum Gasteiger partial charge on any atom is 0.254 e. The molecule has 1 atom stereocenters. The van der Waals surface area contributed by atoms with Gasteiger partial charge in [0.05, 0.1) is 6.04 Å². The summed E-state index contributed by atoms with van der Waals surface area (Å²) >= 11 is 5.68. The molecule has 1 N–H and O–H groups in total. The van der Waals surface area contributed by atoms with Crippen LogP contribution in [0.1, 0.15) is 5.56 Å². The second-order valence-electron chi connectivity index (χ2n) is 3.06. The van der Waals surface area contributed by atoms with Gasteiger partial charge in [0.15, 0.2) is 0 Å². The molecule has 1 unspecified atom stereocenters. The molecule has 4 heteroatoms. The molecule has 78 valence electrons. The van der Waals surface area contributed by atoms with Crippen molar-refractivity contribution in [1.82, 2.24) is 5.32 Å². The van der Waals surface area contributed by atoms with Crippen molar-refractivity contribution in [1.29, 1.82) is 0 Å². The molecule has 0 spiro atoms. The van der Waals surface area contributed by atoms with Crippen molar-refractivity contribution >= 4 is 11.6 Å². The minimum Gasteiger partial charge on any atom is -0.312 e. The lowest BCUT2D eigenvalue weighted by Crippen LogP contribution is -2.34. The largest absolute Gasteiger partial charge is 0.312 e. The summed E-state index contributed by atoms with van der Waals surface area (Å²) in [6, 6.07) is 6.13. The molecule has 1 rings (SSSR count). The molecule has 0 aliphatic carbocycles. The molecule has 0 aliphatic rings. The number of rotatable bonds is 4. The summed E-state index contributed by atoms with van der Waals surface area (Å²) in [4.78, 5) is 0. The Kier molecular flexibility index (Phi) is 4.29. The van der Waals surface area contributed by atoms with Crippen LogP contribution >= 0.6 is 11.6 Å². The standard InChI is InChI=1S/C10H12ClF2N/c1-14-9(10(12)13)6-7-2-4-8(11)5-3-7/h2-5,9-10,14H,6H2,1H3. The molecule has 0 fully saturated rings. The third-order valence-electron chi connectivity index (χ3n) is 2.04. The normalized spacial score (nSPS) is 13.2. The van der Waals surface area contributed by atoms with E-state index in [0.717, 1.165) is 5.56 Å². The average Bonchev–Trinajstić information content (AvgIpc) is 2.16. The second kappa shape index (κ2) is 5.27. The minimum absolute atomic E-state index is 0.311. The number of benzene rings is 1. The van der Waals surface area contributed by atoms with Crippen LogP contribution in [0.4, 0.5) is 8.78 Å². The van der Waals surface area contributed by atoms with E-state index in [1.54, 1.807) is 24.3 Å². The second-order valence-corrected chi connectivity index (χ2v) is 3.50. The molecular formula is C10H12ClF2N. The maximum atomic E-state index is 12.4. The van der Waals surface area contributed by atoms with Crippen LogP contribution < -0.4 is 5.32 Å². The van der Waals surface area contributed by atoms with Crippen molar-refractivity contribution in [3.8, 4) is 0 Å². The van der Waals surface area contributed by atoms with Crippen LogP contribution in [0.25, 0.3) is 0 Å². The first-order valence-corrected chi connectivity index (χ1v) is 4.71. The topological polar surface area (TPSA) is 12.0 Å². The summed E-state index contributed by atoms with van der Waals surface area (Å²) in [6.45, 7) is 0. The van der Waals surface area contributed by atoms with Crippen molar-refractivity contribution in [3.63, 3.8) is 0 Å².